The van der Waals surface area contributed by atoms with E-state index in [1.807, 2.05) is 0 Å². The number of benzene rings is 2. The summed E-state index contributed by atoms with van der Waals surface area (Å²) in [7, 11) is 0. The van der Waals surface area contributed by atoms with Crippen molar-refractivity contribution < 1.29 is 14.6 Å². The van der Waals surface area contributed by atoms with Crippen LogP contribution in [-0.4, -0.2) is 30.2 Å². The van der Waals surface area contributed by atoms with Crippen molar-refractivity contribution in [1.82, 2.24) is 0 Å². The lowest BCUT2D eigenvalue weighted by Gasteiger charge is -2.26. The van der Waals surface area contributed by atoms with Crippen LogP contribution in [0.4, 0.5) is 11.4 Å². The third-order valence-corrected chi connectivity index (χ3v) is 4.61. The standard InChI is InChI=1S/C19H20N2O3/c22-15-7-8-16-17(12-15)24-18(19(23)20-16)11-13-3-5-14(6-4-13)21-9-1-2-10-21/h3-8,12,18,22H,1-2,9-11H2,(H,20,23). The van der Waals surface area contributed by atoms with Gasteiger partial charge in [0.1, 0.15) is 11.5 Å². The Balaban J connectivity index is 1.47. The zero-order chi connectivity index (χ0) is 16.5. The molecule has 5 nitrogen and oxygen atoms in total. The minimum Gasteiger partial charge on any atom is -0.508 e. The lowest BCUT2D eigenvalue weighted by molar-refractivity contribution is -0.123. The van der Waals surface area contributed by atoms with Crippen molar-refractivity contribution >= 4 is 17.3 Å². The van der Waals surface area contributed by atoms with Crippen LogP contribution in [0.5, 0.6) is 11.5 Å². The average Bonchev–Trinajstić information content (AvgIpc) is 3.11. The van der Waals surface area contributed by atoms with Crippen molar-refractivity contribution in [2.75, 3.05) is 23.3 Å². The van der Waals surface area contributed by atoms with E-state index in [1.165, 1.54) is 30.7 Å². The second kappa shape index (κ2) is 6.07. The second-order valence-corrected chi connectivity index (χ2v) is 6.34. The van der Waals surface area contributed by atoms with Crippen molar-refractivity contribution in [3.05, 3.63) is 48.0 Å². The maximum atomic E-state index is 12.2. The van der Waals surface area contributed by atoms with E-state index >= 15 is 0 Å². The number of rotatable bonds is 3. The summed E-state index contributed by atoms with van der Waals surface area (Å²) >= 11 is 0. The van der Waals surface area contributed by atoms with Crippen LogP contribution in [0.25, 0.3) is 0 Å². The summed E-state index contributed by atoms with van der Waals surface area (Å²) in [5, 5.41) is 12.4. The Kier molecular flexibility index (Phi) is 3.76. The SMILES string of the molecule is O=C1Nc2ccc(O)cc2OC1Cc1ccc(N2CCCC2)cc1. The maximum Gasteiger partial charge on any atom is 0.265 e. The lowest BCUT2D eigenvalue weighted by atomic mass is 10.1. The minimum absolute atomic E-state index is 0.124. The molecule has 1 amide bonds. The van der Waals surface area contributed by atoms with Gasteiger partial charge in [0.15, 0.2) is 6.10 Å². The number of fused-ring (bicyclic) bond motifs is 1. The quantitative estimate of drug-likeness (QED) is 0.852. The molecule has 1 unspecified atom stereocenters. The Morgan fingerprint density at radius 2 is 1.88 bits per heavy atom. The molecule has 2 N–H and O–H groups in total. The normalized spacial score (nSPS) is 19.6. The van der Waals surface area contributed by atoms with Crippen LogP contribution in [-0.2, 0) is 11.2 Å². The minimum atomic E-state index is -0.586. The fourth-order valence-electron chi connectivity index (χ4n) is 3.30. The highest BCUT2D eigenvalue weighted by molar-refractivity contribution is 5.98. The van der Waals surface area contributed by atoms with Gasteiger partial charge >= 0.3 is 0 Å². The summed E-state index contributed by atoms with van der Waals surface area (Å²) in [5.41, 5.74) is 2.89. The third kappa shape index (κ3) is 2.89. The summed E-state index contributed by atoms with van der Waals surface area (Å²) < 4.78 is 5.78. The topological polar surface area (TPSA) is 61.8 Å². The number of aromatic hydroxyl groups is 1. The highest BCUT2D eigenvalue weighted by atomic mass is 16.5. The molecule has 1 atom stereocenters. The Morgan fingerprint density at radius 3 is 2.62 bits per heavy atom. The van der Waals surface area contributed by atoms with E-state index in [2.05, 4.69) is 34.5 Å². The van der Waals surface area contributed by atoms with E-state index in [-0.39, 0.29) is 11.7 Å². The van der Waals surface area contributed by atoms with Gasteiger partial charge in [0.05, 0.1) is 5.69 Å². The first-order valence-corrected chi connectivity index (χ1v) is 8.33. The van der Waals surface area contributed by atoms with Crippen molar-refractivity contribution in [3.8, 4) is 11.5 Å². The van der Waals surface area contributed by atoms with Gasteiger partial charge in [-0.15, -0.1) is 0 Å². The molecule has 24 heavy (non-hydrogen) atoms. The molecule has 2 aromatic carbocycles. The Labute approximate surface area is 140 Å². The molecule has 0 spiro atoms. The van der Waals surface area contributed by atoms with E-state index in [9.17, 15) is 9.90 Å². The fraction of sp³-hybridized carbons (Fsp3) is 0.316. The summed E-state index contributed by atoms with van der Waals surface area (Å²) in [6, 6.07) is 13.0. The number of carbonyl (C=O) groups excluding carboxylic acids is 1. The number of carbonyl (C=O) groups is 1. The number of ether oxygens (including phenoxy) is 1. The van der Waals surface area contributed by atoms with Crippen LogP contribution in [0, 0.1) is 0 Å². The van der Waals surface area contributed by atoms with Gasteiger partial charge in [0.25, 0.3) is 5.91 Å². The first kappa shape index (κ1) is 14.9. The van der Waals surface area contributed by atoms with E-state index in [4.69, 9.17) is 4.74 Å². The molecule has 124 valence electrons. The summed E-state index contributed by atoms with van der Waals surface area (Å²) in [6.07, 6.45) is 2.42. The number of nitrogens with one attached hydrogen (secondary N) is 1. The smallest absolute Gasteiger partial charge is 0.265 e. The molecule has 2 aliphatic heterocycles. The Hall–Kier alpha value is -2.69. The molecule has 1 fully saturated rings. The number of phenolic OH excluding ortho intramolecular Hbond substituents is 1. The summed E-state index contributed by atoms with van der Waals surface area (Å²) in [5.74, 6) is 0.476. The van der Waals surface area contributed by atoms with E-state index in [0.717, 1.165) is 18.7 Å². The number of phenols is 1. The first-order valence-electron chi connectivity index (χ1n) is 8.33. The summed E-state index contributed by atoms with van der Waals surface area (Å²) in [4.78, 5) is 14.6. The van der Waals surface area contributed by atoms with Gasteiger partial charge in [0.2, 0.25) is 0 Å². The van der Waals surface area contributed by atoms with Crippen LogP contribution in [0.15, 0.2) is 42.5 Å². The largest absolute Gasteiger partial charge is 0.508 e. The molecule has 0 saturated carbocycles. The van der Waals surface area contributed by atoms with Crippen molar-refractivity contribution in [1.29, 1.82) is 0 Å². The van der Waals surface area contributed by atoms with Gasteiger partial charge in [-0.3, -0.25) is 4.79 Å². The van der Waals surface area contributed by atoms with Gasteiger partial charge < -0.3 is 20.1 Å². The lowest BCUT2D eigenvalue weighted by Crippen LogP contribution is -2.38. The Bertz CT molecular complexity index is 752. The highest BCUT2D eigenvalue weighted by Gasteiger charge is 2.28. The van der Waals surface area contributed by atoms with Crippen LogP contribution in [0.3, 0.4) is 0 Å². The van der Waals surface area contributed by atoms with Crippen LogP contribution < -0.4 is 15.0 Å². The zero-order valence-electron chi connectivity index (χ0n) is 13.4. The molecule has 0 bridgehead atoms. The molecule has 2 heterocycles. The highest BCUT2D eigenvalue weighted by Crippen LogP contribution is 2.33. The molecule has 2 aromatic rings. The van der Waals surface area contributed by atoms with Crippen LogP contribution >= 0.6 is 0 Å². The van der Waals surface area contributed by atoms with E-state index in [1.54, 1.807) is 6.07 Å². The molecular weight excluding hydrogens is 304 g/mol. The van der Waals surface area contributed by atoms with Crippen molar-refractivity contribution in [3.63, 3.8) is 0 Å². The number of hydrogen-bond acceptors (Lipinski definition) is 4. The number of hydrogen-bond donors (Lipinski definition) is 2. The molecule has 0 radical (unpaired) electrons. The van der Waals surface area contributed by atoms with Gasteiger partial charge in [-0.05, 0) is 42.7 Å². The number of amides is 1. The molecule has 0 aromatic heterocycles. The first-order chi connectivity index (χ1) is 11.7. The van der Waals surface area contributed by atoms with Gasteiger partial charge in [-0.2, -0.15) is 0 Å². The Morgan fingerprint density at radius 1 is 1.12 bits per heavy atom. The van der Waals surface area contributed by atoms with E-state index in [0.29, 0.717) is 17.9 Å². The third-order valence-electron chi connectivity index (χ3n) is 4.61. The maximum absolute atomic E-state index is 12.2. The molecule has 1 saturated heterocycles. The van der Waals surface area contributed by atoms with Gasteiger partial charge in [0, 0.05) is 31.3 Å². The van der Waals surface area contributed by atoms with Crippen LogP contribution in [0.1, 0.15) is 18.4 Å². The molecular formula is C19H20N2O3. The molecule has 5 heteroatoms. The predicted molar refractivity (Wildman–Crippen MR) is 92.7 cm³/mol. The fourth-order valence-corrected chi connectivity index (χ4v) is 3.30. The van der Waals surface area contributed by atoms with Gasteiger partial charge in [-0.1, -0.05) is 12.1 Å². The average molecular weight is 324 g/mol. The summed E-state index contributed by atoms with van der Waals surface area (Å²) in [6.45, 7) is 2.24. The van der Waals surface area contributed by atoms with Gasteiger partial charge in [-0.25, -0.2) is 0 Å². The van der Waals surface area contributed by atoms with E-state index < -0.39 is 6.10 Å². The molecule has 0 aliphatic carbocycles. The number of anilines is 2. The molecule has 2 aliphatic rings. The number of nitrogens with zero attached hydrogens (tertiary/aromatic N) is 1. The van der Waals surface area contributed by atoms with Crippen LogP contribution in [0.2, 0.25) is 0 Å². The van der Waals surface area contributed by atoms with Crippen molar-refractivity contribution in [2.45, 2.75) is 25.4 Å². The second-order valence-electron chi connectivity index (χ2n) is 6.34. The molecule has 4 rings (SSSR count). The predicted octanol–water partition coefficient (Wildman–Crippen LogP) is 2.93. The van der Waals surface area contributed by atoms with Crippen molar-refractivity contribution in [2.24, 2.45) is 0 Å². The monoisotopic (exact) mass is 324 g/mol. The zero-order valence-corrected chi connectivity index (χ0v) is 13.4.